The summed E-state index contributed by atoms with van der Waals surface area (Å²) in [7, 11) is 3.36. The van der Waals surface area contributed by atoms with Gasteiger partial charge in [0.25, 0.3) is 5.91 Å². The number of carbonyl (C=O) groups is 1. The summed E-state index contributed by atoms with van der Waals surface area (Å²) in [6, 6.07) is 3.67. The molecule has 1 N–H and O–H groups in total. The molecule has 0 atom stereocenters. The standard InChI is InChI=1S/C13H16N4O2/c1-9-11(8-16-17(9)2)12(18)15-7-10-5-4-6-14-13(10)19-3/h4-6,8H,7H2,1-3H3,(H,15,18). The summed E-state index contributed by atoms with van der Waals surface area (Å²) >= 11 is 0. The Labute approximate surface area is 111 Å². The van der Waals surface area contributed by atoms with Crippen LogP contribution in [0.4, 0.5) is 0 Å². The molecule has 0 fully saturated rings. The van der Waals surface area contributed by atoms with Gasteiger partial charge < -0.3 is 10.1 Å². The van der Waals surface area contributed by atoms with Crippen LogP contribution in [0.5, 0.6) is 5.88 Å². The Morgan fingerprint density at radius 3 is 2.95 bits per heavy atom. The van der Waals surface area contributed by atoms with E-state index >= 15 is 0 Å². The Balaban J connectivity index is 2.07. The van der Waals surface area contributed by atoms with Crippen molar-refractivity contribution in [2.24, 2.45) is 7.05 Å². The molecule has 6 nitrogen and oxygen atoms in total. The van der Waals surface area contributed by atoms with E-state index in [0.29, 0.717) is 18.0 Å². The fraction of sp³-hybridized carbons (Fsp3) is 0.308. The zero-order valence-electron chi connectivity index (χ0n) is 11.2. The minimum Gasteiger partial charge on any atom is -0.481 e. The van der Waals surface area contributed by atoms with E-state index < -0.39 is 0 Å². The van der Waals surface area contributed by atoms with Gasteiger partial charge in [-0.15, -0.1) is 0 Å². The van der Waals surface area contributed by atoms with Gasteiger partial charge in [0.1, 0.15) is 0 Å². The van der Waals surface area contributed by atoms with Crippen LogP contribution in [0.2, 0.25) is 0 Å². The highest BCUT2D eigenvalue weighted by atomic mass is 16.5. The van der Waals surface area contributed by atoms with Crippen LogP contribution in [-0.2, 0) is 13.6 Å². The van der Waals surface area contributed by atoms with Gasteiger partial charge in [-0.05, 0) is 13.0 Å². The highest BCUT2D eigenvalue weighted by Gasteiger charge is 2.13. The van der Waals surface area contributed by atoms with E-state index in [-0.39, 0.29) is 5.91 Å². The number of aromatic nitrogens is 3. The van der Waals surface area contributed by atoms with E-state index in [2.05, 4.69) is 15.4 Å². The van der Waals surface area contributed by atoms with Gasteiger partial charge in [0, 0.05) is 31.0 Å². The fourth-order valence-electron chi connectivity index (χ4n) is 1.73. The van der Waals surface area contributed by atoms with Gasteiger partial charge in [0.15, 0.2) is 0 Å². The van der Waals surface area contributed by atoms with Crippen molar-refractivity contribution in [2.45, 2.75) is 13.5 Å². The summed E-state index contributed by atoms with van der Waals surface area (Å²) in [5, 5.41) is 6.88. The molecule has 0 unspecified atom stereocenters. The molecule has 0 saturated carbocycles. The molecule has 19 heavy (non-hydrogen) atoms. The van der Waals surface area contributed by atoms with Crippen molar-refractivity contribution >= 4 is 5.91 Å². The highest BCUT2D eigenvalue weighted by Crippen LogP contribution is 2.13. The second-order valence-electron chi connectivity index (χ2n) is 4.12. The maximum absolute atomic E-state index is 12.0. The largest absolute Gasteiger partial charge is 0.481 e. The maximum atomic E-state index is 12.0. The zero-order chi connectivity index (χ0) is 13.8. The van der Waals surface area contributed by atoms with E-state index in [1.165, 1.54) is 0 Å². The predicted molar refractivity (Wildman–Crippen MR) is 69.9 cm³/mol. The molecular formula is C13H16N4O2. The molecule has 2 aromatic heterocycles. The molecule has 0 aliphatic carbocycles. The number of ether oxygens (including phenoxy) is 1. The second-order valence-corrected chi connectivity index (χ2v) is 4.12. The molecule has 0 bridgehead atoms. The van der Waals surface area contributed by atoms with Crippen LogP contribution in [0.1, 0.15) is 21.6 Å². The lowest BCUT2D eigenvalue weighted by Gasteiger charge is -2.08. The minimum atomic E-state index is -0.156. The summed E-state index contributed by atoms with van der Waals surface area (Å²) in [6.07, 6.45) is 3.21. The Morgan fingerprint density at radius 2 is 2.32 bits per heavy atom. The summed E-state index contributed by atoms with van der Waals surface area (Å²) in [6.45, 7) is 2.22. The number of hydrogen-bond acceptors (Lipinski definition) is 4. The summed E-state index contributed by atoms with van der Waals surface area (Å²) in [4.78, 5) is 16.1. The summed E-state index contributed by atoms with van der Waals surface area (Å²) < 4.78 is 6.80. The Hall–Kier alpha value is -2.37. The molecule has 6 heteroatoms. The third-order valence-electron chi connectivity index (χ3n) is 2.96. The third-order valence-corrected chi connectivity index (χ3v) is 2.96. The molecule has 1 amide bonds. The molecule has 0 saturated heterocycles. The van der Waals surface area contributed by atoms with Gasteiger partial charge in [-0.2, -0.15) is 5.10 Å². The van der Waals surface area contributed by atoms with Crippen molar-refractivity contribution in [3.63, 3.8) is 0 Å². The van der Waals surface area contributed by atoms with Crippen LogP contribution in [-0.4, -0.2) is 27.8 Å². The smallest absolute Gasteiger partial charge is 0.255 e. The van der Waals surface area contributed by atoms with Crippen molar-refractivity contribution in [1.82, 2.24) is 20.1 Å². The normalized spacial score (nSPS) is 10.3. The predicted octanol–water partition coefficient (Wildman–Crippen LogP) is 1.06. The monoisotopic (exact) mass is 260 g/mol. The van der Waals surface area contributed by atoms with Crippen molar-refractivity contribution in [3.8, 4) is 5.88 Å². The van der Waals surface area contributed by atoms with Gasteiger partial charge in [-0.1, -0.05) is 6.07 Å². The topological polar surface area (TPSA) is 69.0 Å². The lowest BCUT2D eigenvalue weighted by molar-refractivity contribution is 0.0950. The molecule has 2 rings (SSSR count). The minimum absolute atomic E-state index is 0.156. The Bertz CT molecular complexity index is 592. The SMILES string of the molecule is COc1ncccc1CNC(=O)c1cnn(C)c1C. The Kier molecular flexibility index (Phi) is 3.79. The molecule has 0 aliphatic heterocycles. The van der Waals surface area contributed by atoms with E-state index in [1.807, 2.05) is 13.0 Å². The average molecular weight is 260 g/mol. The van der Waals surface area contributed by atoms with Crippen molar-refractivity contribution in [3.05, 3.63) is 41.3 Å². The van der Waals surface area contributed by atoms with Crippen LogP contribution >= 0.6 is 0 Å². The number of carbonyl (C=O) groups excluding carboxylic acids is 1. The first-order valence-electron chi connectivity index (χ1n) is 5.88. The number of hydrogen-bond donors (Lipinski definition) is 1. The molecule has 0 aliphatic rings. The van der Waals surface area contributed by atoms with Crippen LogP contribution in [0, 0.1) is 6.92 Å². The molecule has 100 valence electrons. The summed E-state index contributed by atoms with van der Waals surface area (Å²) in [5.41, 5.74) is 2.24. The second kappa shape index (κ2) is 5.51. The first kappa shape index (κ1) is 13.1. The first-order valence-corrected chi connectivity index (χ1v) is 5.88. The molecule has 0 radical (unpaired) electrons. The van der Waals surface area contributed by atoms with E-state index in [0.717, 1.165) is 11.3 Å². The maximum Gasteiger partial charge on any atom is 0.255 e. The van der Waals surface area contributed by atoms with E-state index in [1.54, 1.807) is 37.3 Å². The van der Waals surface area contributed by atoms with Crippen LogP contribution in [0.25, 0.3) is 0 Å². The zero-order valence-corrected chi connectivity index (χ0v) is 11.2. The van der Waals surface area contributed by atoms with Gasteiger partial charge >= 0.3 is 0 Å². The number of nitrogens with zero attached hydrogens (tertiary/aromatic N) is 3. The summed E-state index contributed by atoms with van der Waals surface area (Å²) in [5.74, 6) is 0.363. The van der Waals surface area contributed by atoms with Crippen molar-refractivity contribution in [1.29, 1.82) is 0 Å². The number of rotatable bonds is 4. The molecule has 0 spiro atoms. The Morgan fingerprint density at radius 1 is 1.53 bits per heavy atom. The third kappa shape index (κ3) is 2.73. The van der Waals surface area contributed by atoms with Crippen LogP contribution in [0.3, 0.4) is 0 Å². The number of methoxy groups -OCH3 is 1. The number of aryl methyl sites for hydroxylation is 1. The molecule has 2 aromatic rings. The van der Waals surface area contributed by atoms with Gasteiger partial charge in [-0.3, -0.25) is 9.48 Å². The van der Waals surface area contributed by atoms with Gasteiger partial charge in [0.2, 0.25) is 5.88 Å². The van der Waals surface area contributed by atoms with Crippen LogP contribution < -0.4 is 10.1 Å². The molecule has 2 heterocycles. The lowest BCUT2D eigenvalue weighted by atomic mass is 10.2. The van der Waals surface area contributed by atoms with Gasteiger partial charge in [-0.25, -0.2) is 4.98 Å². The quantitative estimate of drug-likeness (QED) is 0.892. The number of pyridine rings is 1. The first-order chi connectivity index (χ1) is 9.13. The highest BCUT2D eigenvalue weighted by molar-refractivity contribution is 5.94. The number of nitrogens with one attached hydrogen (secondary N) is 1. The lowest BCUT2D eigenvalue weighted by Crippen LogP contribution is -2.23. The van der Waals surface area contributed by atoms with Gasteiger partial charge in [0.05, 0.1) is 18.9 Å². The molecule has 0 aromatic carbocycles. The average Bonchev–Trinajstić information content (AvgIpc) is 2.77. The fourth-order valence-corrected chi connectivity index (χ4v) is 1.73. The van der Waals surface area contributed by atoms with E-state index in [4.69, 9.17) is 4.74 Å². The van der Waals surface area contributed by atoms with Crippen molar-refractivity contribution < 1.29 is 9.53 Å². The van der Waals surface area contributed by atoms with Crippen LogP contribution in [0.15, 0.2) is 24.5 Å². The number of amides is 1. The van der Waals surface area contributed by atoms with E-state index in [9.17, 15) is 4.79 Å². The van der Waals surface area contributed by atoms with Crippen molar-refractivity contribution in [2.75, 3.05) is 7.11 Å². The molecular weight excluding hydrogens is 244 g/mol.